The minimum atomic E-state index is -5.37. The first kappa shape index (κ1) is 17.8. The predicted molar refractivity (Wildman–Crippen MR) is 75.6 cm³/mol. The van der Waals surface area contributed by atoms with Gasteiger partial charge in [-0.2, -0.15) is 13.2 Å². The van der Waals surface area contributed by atoms with E-state index in [9.17, 15) is 21.6 Å². The second kappa shape index (κ2) is 6.23. The number of halogens is 3. The first-order chi connectivity index (χ1) is 9.51. The van der Waals surface area contributed by atoms with E-state index in [-0.39, 0.29) is 11.1 Å². The number of alkyl halides is 3. The number of sulfone groups is 1. The Labute approximate surface area is 122 Å². The molecule has 0 unspecified atom stereocenters. The second-order valence-electron chi connectivity index (χ2n) is 5.50. The molecule has 0 saturated carbocycles. The molecule has 1 aromatic rings. The number of anilines is 1. The van der Waals surface area contributed by atoms with Gasteiger partial charge in [-0.05, 0) is 30.5 Å². The van der Waals surface area contributed by atoms with Gasteiger partial charge in [0.1, 0.15) is 0 Å². The Balaban J connectivity index is 3.07. The number of rotatable bonds is 6. The first-order valence-electron chi connectivity index (χ1n) is 6.35. The monoisotopic (exact) mass is 324 g/mol. The molecule has 120 valence electrons. The van der Waals surface area contributed by atoms with Crippen molar-refractivity contribution >= 4 is 15.5 Å². The SMILES string of the molecule is CC(C)(CCN)CNc1ccccc1S(=O)(=O)C(F)(F)F. The first-order valence-corrected chi connectivity index (χ1v) is 7.84. The van der Waals surface area contributed by atoms with Crippen LogP contribution in [0.15, 0.2) is 29.2 Å². The molecule has 0 radical (unpaired) electrons. The van der Waals surface area contributed by atoms with Crippen LogP contribution in [0.25, 0.3) is 0 Å². The lowest BCUT2D eigenvalue weighted by molar-refractivity contribution is -0.0435. The van der Waals surface area contributed by atoms with Gasteiger partial charge >= 0.3 is 5.51 Å². The summed E-state index contributed by atoms with van der Waals surface area (Å²) in [6.45, 7) is 4.55. The van der Waals surface area contributed by atoms with Gasteiger partial charge in [-0.3, -0.25) is 0 Å². The van der Waals surface area contributed by atoms with Crippen molar-refractivity contribution < 1.29 is 21.6 Å². The lowest BCUT2D eigenvalue weighted by atomic mass is 9.89. The maximum absolute atomic E-state index is 12.7. The number of nitrogens with two attached hydrogens (primary N) is 1. The lowest BCUT2D eigenvalue weighted by Gasteiger charge is -2.25. The topological polar surface area (TPSA) is 72.2 Å². The van der Waals surface area contributed by atoms with Gasteiger partial charge < -0.3 is 11.1 Å². The number of hydrogen-bond donors (Lipinski definition) is 2. The summed E-state index contributed by atoms with van der Waals surface area (Å²) in [4.78, 5) is -0.763. The van der Waals surface area contributed by atoms with Crippen LogP contribution in [0.5, 0.6) is 0 Å². The molecule has 1 aromatic carbocycles. The molecule has 0 aliphatic carbocycles. The summed E-state index contributed by atoms with van der Waals surface area (Å²) >= 11 is 0. The van der Waals surface area contributed by atoms with Gasteiger partial charge in [0.25, 0.3) is 9.84 Å². The minimum Gasteiger partial charge on any atom is -0.383 e. The average molecular weight is 324 g/mol. The highest BCUT2D eigenvalue weighted by molar-refractivity contribution is 7.92. The van der Waals surface area contributed by atoms with Gasteiger partial charge in [0, 0.05) is 6.54 Å². The van der Waals surface area contributed by atoms with Gasteiger partial charge in [0.2, 0.25) is 0 Å². The third-order valence-corrected chi connectivity index (χ3v) is 4.60. The zero-order valence-electron chi connectivity index (χ0n) is 11.9. The van der Waals surface area contributed by atoms with E-state index >= 15 is 0 Å². The molecule has 0 heterocycles. The van der Waals surface area contributed by atoms with Crippen LogP contribution >= 0.6 is 0 Å². The van der Waals surface area contributed by atoms with E-state index in [1.165, 1.54) is 18.2 Å². The Morgan fingerprint density at radius 1 is 1.19 bits per heavy atom. The maximum Gasteiger partial charge on any atom is 0.501 e. The zero-order chi connectivity index (χ0) is 16.3. The van der Waals surface area contributed by atoms with E-state index < -0.39 is 20.2 Å². The molecule has 0 spiro atoms. The van der Waals surface area contributed by atoms with Crippen LogP contribution in [-0.4, -0.2) is 27.0 Å². The van der Waals surface area contributed by atoms with Crippen LogP contribution in [0, 0.1) is 5.41 Å². The Bertz CT molecular complexity index is 583. The van der Waals surface area contributed by atoms with E-state index in [0.717, 1.165) is 6.07 Å². The Kier molecular flexibility index (Phi) is 5.27. The Morgan fingerprint density at radius 3 is 2.29 bits per heavy atom. The average Bonchev–Trinajstić information content (AvgIpc) is 2.35. The van der Waals surface area contributed by atoms with Crippen LogP contribution in [0.4, 0.5) is 18.9 Å². The van der Waals surface area contributed by atoms with Crippen LogP contribution in [0.1, 0.15) is 20.3 Å². The third-order valence-electron chi connectivity index (χ3n) is 3.06. The van der Waals surface area contributed by atoms with Crippen LogP contribution < -0.4 is 11.1 Å². The molecule has 0 aliphatic heterocycles. The molecule has 0 aromatic heterocycles. The fraction of sp³-hybridized carbons (Fsp3) is 0.538. The standard InChI is InChI=1S/C13H19F3N2O2S/c1-12(2,7-8-17)9-18-10-5-3-4-6-11(10)21(19,20)13(14,15)16/h3-6,18H,7-9,17H2,1-2H3. The van der Waals surface area contributed by atoms with E-state index in [2.05, 4.69) is 5.32 Å². The van der Waals surface area contributed by atoms with Gasteiger partial charge in [-0.1, -0.05) is 26.0 Å². The Hall–Kier alpha value is -1.28. The third kappa shape index (κ3) is 4.34. The number of benzene rings is 1. The van der Waals surface area contributed by atoms with E-state index in [0.29, 0.717) is 19.5 Å². The molecule has 8 heteroatoms. The van der Waals surface area contributed by atoms with Crippen molar-refractivity contribution in [1.82, 2.24) is 0 Å². The molecule has 4 nitrogen and oxygen atoms in total. The smallest absolute Gasteiger partial charge is 0.383 e. The van der Waals surface area contributed by atoms with E-state index in [4.69, 9.17) is 5.73 Å². The van der Waals surface area contributed by atoms with Crippen molar-refractivity contribution in [3.05, 3.63) is 24.3 Å². The molecule has 0 bridgehead atoms. The summed E-state index contributed by atoms with van der Waals surface area (Å²) in [5.41, 5.74) is -0.170. The highest BCUT2D eigenvalue weighted by atomic mass is 32.2. The molecular weight excluding hydrogens is 305 g/mol. The predicted octanol–water partition coefficient (Wildman–Crippen LogP) is 2.77. The van der Waals surface area contributed by atoms with Crippen molar-refractivity contribution in [2.24, 2.45) is 11.1 Å². The van der Waals surface area contributed by atoms with Gasteiger partial charge in [0.05, 0.1) is 10.6 Å². The molecule has 0 fully saturated rings. The molecular formula is C13H19F3N2O2S. The second-order valence-corrected chi connectivity index (χ2v) is 7.41. The summed E-state index contributed by atoms with van der Waals surface area (Å²) in [5.74, 6) is 0. The molecule has 0 atom stereocenters. The highest BCUT2D eigenvalue weighted by Gasteiger charge is 2.47. The number of hydrogen-bond acceptors (Lipinski definition) is 4. The zero-order valence-corrected chi connectivity index (χ0v) is 12.7. The fourth-order valence-electron chi connectivity index (χ4n) is 1.79. The van der Waals surface area contributed by atoms with Gasteiger partial charge in [-0.25, -0.2) is 8.42 Å². The number of para-hydroxylation sites is 1. The van der Waals surface area contributed by atoms with Crippen LogP contribution in [-0.2, 0) is 9.84 Å². The van der Waals surface area contributed by atoms with E-state index in [1.807, 2.05) is 13.8 Å². The number of nitrogens with one attached hydrogen (secondary N) is 1. The van der Waals surface area contributed by atoms with Crippen molar-refractivity contribution in [2.75, 3.05) is 18.4 Å². The molecule has 0 saturated heterocycles. The lowest BCUT2D eigenvalue weighted by Crippen LogP contribution is -2.28. The highest BCUT2D eigenvalue weighted by Crippen LogP contribution is 2.34. The van der Waals surface area contributed by atoms with Crippen molar-refractivity contribution in [2.45, 2.75) is 30.7 Å². The molecule has 1 rings (SSSR count). The van der Waals surface area contributed by atoms with Crippen molar-refractivity contribution in [3.63, 3.8) is 0 Å². The van der Waals surface area contributed by atoms with Gasteiger partial charge in [0.15, 0.2) is 0 Å². The molecule has 0 amide bonds. The van der Waals surface area contributed by atoms with E-state index in [1.54, 1.807) is 0 Å². The quantitative estimate of drug-likeness (QED) is 0.844. The molecule has 21 heavy (non-hydrogen) atoms. The Morgan fingerprint density at radius 2 is 1.76 bits per heavy atom. The van der Waals surface area contributed by atoms with Crippen molar-refractivity contribution in [3.8, 4) is 0 Å². The maximum atomic E-state index is 12.7. The minimum absolute atomic E-state index is 0.0556. The summed E-state index contributed by atoms with van der Waals surface area (Å²) in [7, 11) is -5.37. The summed E-state index contributed by atoms with van der Waals surface area (Å²) < 4.78 is 61.1. The summed E-state index contributed by atoms with van der Waals surface area (Å²) in [6, 6.07) is 5.00. The summed E-state index contributed by atoms with van der Waals surface area (Å²) in [6.07, 6.45) is 0.661. The summed E-state index contributed by atoms with van der Waals surface area (Å²) in [5, 5.41) is 2.78. The fourth-order valence-corrected chi connectivity index (χ4v) is 2.72. The molecule has 0 aliphatic rings. The largest absolute Gasteiger partial charge is 0.501 e. The molecule has 3 N–H and O–H groups in total. The van der Waals surface area contributed by atoms with Gasteiger partial charge in [-0.15, -0.1) is 0 Å². The normalized spacial score (nSPS) is 13.2. The van der Waals surface area contributed by atoms with Crippen LogP contribution in [0.3, 0.4) is 0 Å². The van der Waals surface area contributed by atoms with Crippen molar-refractivity contribution in [1.29, 1.82) is 0 Å². The van der Waals surface area contributed by atoms with Crippen LogP contribution in [0.2, 0.25) is 0 Å².